The number of nitrogens with one attached hydrogen (secondary N) is 2. The maximum absolute atomic E-state index is 12.2. The summed E-state index contributed by atoms with van der Waals surface area (Å²) in [6, 6.07) is 15.8. The van der Waals surface area contributed by atoms with E-state index in [4.69, 9.17) is 10.5 Å². The molecule has 3 amide bonds. The molecule has 2 aromatic rings. The number of aliphatic hydroxyl groups is 1. The molecule has 2 aromatic carbocycles. The minimum atomic E-state index is -1.14. The zero-order chi connectivity index (χ0) is 21.9. The lowest BCUT2D eigenvalue weighted by molar-refractivity contribution is -0.128. The lowest BCUT2D eigenvalue weighted by Crippen LogP contribution is -2.47. The normalized spacial score (nSPS) is 12.5. The summed E-state index contributed by atoms with van der Waals surface area (Å²) < 4.78 is 5.03. The molecule has 0 aliphatic rings. The Morgan fingerprint density at radius 1 is 1.07 bits per heavy atom. The van der Waals surface area contributed by atoms with E-state index in [-0.39, 0.29) is 26.0 Å². The molecule has 160 valence electrons. The van der Waals surface area contributed by atoms with Crippen LogP contribution in [0.3, 0.4) is 0 Å². The molecule has 0 aromatic heterocycles. The first-order valence-corrected chi connectivity index (χ1v) is 9.60. The van der Waals surface area contributed by atoms with Gasteiger partial charge in [-0.15, -0.1) is 0 Å². The summed E-state index contributed by atoms with van der Waals surface area (Å²) in [6.45, 7) is 1.86. The van der Waals surface area contributed by atoms with Crippen molar-refractivity contribution < 1.29 is 24.2 Å². The highest BCUT2D eigenvalue weighted by Gasteiger charge is 2.21. The SMILES string of the molecule is Cc1cccc(C[C@H](NC(=O)C[C@@H](O)CNC(=O)OCc2ccccc2)C(N)=O)c1. The third-order valence-corrected chi connectivity index (χ3v) is 4.32. The number of carbonyl (C=O) groups excluding carboxylic acids is 3. The highest BCUT2D eigenvalue weighted by Crippen LogP contribution is 2.07. The number of rotatable bonds is 10. The van der Waals surface area contributed by atoms with Crippen LogP contribution in [0.1, 0.15) is 23.1 Å². The van der Waals surface area contributed by atoms with Crippen LogP contribution >= 0.6 is 0 Å². The van der Waals surface area contributed by atoms with Crippen LogP contribution in [0.15, 0.2) is 54.6 Å². The largest absolute Gasteiger partial charge is 0.445 e. The summed E-state index contributed by atoms with van der Waals surface area (Å²) in [5.74, 6) is -1.21. The number of hydrogen-bond donors (Lipinski definition) is 4. The summed E-state index contributed by atoms with van der Waals surface area (Å²) in [4.78, 5) is 35.5. The average molecular weight is 413 g/mol. The van der Waals surface area contributed by atoms with Crippen LogP contribution in [0.4, 0.5) is 4.79 Å². The van der Waals surface area contributed by atoms with Gasteiger partial charge in [-0.25, -0.2) is 4.79 Å². The van der Waals surface area contributed by atoms with Gasteiger partial charge in [0.1, 0.15) is 12.6 Å². The number of benzene rings is 2. The first kappa shape index (κ1) is 22.9. The fourth-order valence-corrected chi connectivity index (χ4v) is 2.81. The Kier molecular flexibility index (Phi) is 8.83. The third-order valence-electron chi connectivity index (χ3n) is 4.32. The van der Waals surface area contributed by atoms with Gasteiger partial charge >= 0.3 is 6.09 Å². The van der Waals surface area contributed by atoms with Gasteiger partial charge in [0.25, 0.3) is 0 Å². The van der Waals surface area contributed by atoms with Crippen molar-refractivity contribution in [3.8, 4) is 0 Å². The van der Waals surface area contributed by atoms with Crippen molar-refractivity contribution in [3.63, 3.8) is 0 Å². The van der Waals surface area contributed by atoms with Gasteiger partial charge in [0, 0.05) is 13.0 Å². The van der Waals surface area contributed by atoms with Crippen LogP contribution in [0.2, 0.25) is 0 Å². The van der Waals surface area contributed by atoms with E-state index in [2.05, 4.69) is 10.6 Å². The standard InChI is InChI=1S/C22H27N3O5/c1-15-6-5-9-17(10-15)11-19(21(23)28)25-20(27)12-18(26)13-24-22(29)30-14-16-7-3-2-4-8-16/h2-10,18-19,26H,11-14H2,1H3,(H2,23,28)(H,24,29)(H,25,27)/t18-,19+/m1/s1. The number of ether oxygens (including phenoxy) is 1. The molecule has 0 unspecified atom stereocenters. The number of carbonyl (C=O) groups is 3. The van der Waals surface area contributed by atoms with Crippen molar-refractivity contribution in [2.24, 2.45) is 5.73 Å². The smallest absolute Gasteiger partial charge is 0.407 e. The molecule has 0 fully saturated rings. The van der Waals surface area contributed by atoms with Gasteiger partial charge in [0.05, 0.1) is 12.5 Å². The summed E-state index contributed by atoms with van der Waals surface area (Å²) >= 11 is 0. The molecule has 0 saturated heterocycles. The van der Waals surface area contributed by atoms with Crippen LogP contribution in [0.25, 0.3) is 0 Å². The van der Waals surface area contributed by atoms with Crippen LogP contribution in [0.5, 0.6) is 0 Å². The van der Waals surface area contributed by atoms with Gasteiger partial charge in [0.2, 0.25) is 11.8 Å². The minimum absolute atomic E-state index is 0.0997. The molecule has 0 aliphatic heterocycles. The van der Waals surface area contributed by atoms with Gasteiger partial charge in [-0.1, -0.05) is 60.2 Å². The average Bonchev–Trinajstić information content (AvgIpc) is 2.71. The van der Waals surface area contributed by atoms with Crippen molar-refractivity contribution in [1.29, 1.82) is 0 Å². The molecule has 0 saturated carbocycles. The highest BCUT2D eigenvalue weighted by atomic mass is 16.5. The topological polar surface area (TPSA) is 131 Å². The quantitative estimate of drug-likeness (QED) is 0.465. The predicted molar refractivity (Wildman–Crippen MR) is 111 cm³/mol. The maximum Gasteiger partial charge on any atom is 0.407 e. The molecule has 8 nitrogen and oxygen atoms in total. The Bertz CT molecular complexity index is 857. The van der Waals surface area contributed by atoms with Crippen molar-refractivity contribution in [2.45, 2.75) is 38.5 Å². The fraction of sp³-hybridized carbons (Fsp3) is 0.318. The first-order chi connectivity index (χ1) is 14.3. The molecule has 2 rings (SSSR count). The highest BCUT2D eigenvalue weighted by molar-refractivity contribution is 5.87. The molecule has 0 bridgehead atoms. The number of primary amides is 1. The summed E-state index contributed by atoms with van der Waals surface area (Å²) in [5, 5.41) is 14.9. The number of alkyl carbamates (subject to hydrolysis) is 1. The number of aryl methyl sites for hydroxylation is 1. The van der Waals surface area contributed by atoms with Gasteiger partial charge in [-0.05, 0) is 18.1 Å². The van der Waals surface area contributed by atoms with E-state index in [1.807, 2.05) is 61.5 Å². The summed E-state index contributed by atoms with van der Waals surface area (Å²) in [5.41, 5.74) is 8.12. The predicted octanol–water partition coefficient (Wildman–Crippen LogP) is 1.19. The van der Waals surface area contributed by atoms with E-state index in [1.165, 1.54) is 0 Å². The van der Waals surface area contributed by atoms with E-state index in [0.717, 1.165) is 16.7 Å². The van der Waals surface area contributed by atoms with E-state index in [1.54, 1.807) is 0 Å². The number of hydrogen-bond acceptors (Lipinski definition) is 5. The van der Waals surface area contributed by atoms with Crippen LogP contribution in [-0.4, -0.2) is 41.7 Å². The molecular weight excluding hydrogens is 386 g/mol. The van der Waals surface area contributed by atoms with Crippen LogP contribution in [0, 0.1) is 6.92 Å². The Morgan fingerprint density at radius 2 is 1.77 bits per heavy atom. The molecule has 2 atom stereocenters. The van der Waals surface area contributed by atoms with Gasteiger partial charge < -0.3 is 26.2 Å². The van der Waals surface area contributed by atoms with Crippen LogP contribution in [-0.2, 0) is 27.4 Å². The Hall–Kier alpha value is -3.39. The van der Waals surface area contributed by atoms with Gasteiger partial charge in [-0.2, -0.15) is 0 Å². The van der Waals surface area contributed by atoms with E-state index < -0.39 is 30.1 Å². The number of aliphatic hydroxyl groups excluding tert-OH is 1. The number of nitrogens with two attached hydrogens (primary N) is 1. The molecule has 8 heteroatoms. The molecule has 0 aliphatic carbocycles. The minimum Gasteiger partial charge on any atom is -0.445 e. The molecular formula is C22H27N3O5. The monoisotopic (exact) mass is 413 g/mol. The fourth-order valence-electron chi connectivity index (χ4n) is 2.81. The van der Waals surface area contributed by atoms with Gasteiger partial charge in [-0.3, -0.25) is 9.59 Å². The van der Waals surface area contributed by atoms with E-state index in [9.17, 15) is 19.5 Å². The number of amides is 3. The molecule has 0 spiro atoms. The van der Waals surface area contributed by atoms with Crippen molar-refractivity contribution >= 4 is 17.9 Å². The maximum atomic E-state index is 12.2. The zero-order valence-corrected chi connectivity index (χ0v) is 16.8. The summed E-state index contributed by atoms with van der Waals surface area (Å²) in [6.07, 6.45) is -1.88. The Balaban J connectivity index is 1.73. The molecule has 0 radical (unpaired) electrons. The van der Waals surface area contributed by atoms with Crippen molar-refractivity contribution in [2.75, 3.05) is 6.54 Å². The molecule has 30 heavy (non-hydrogen) atoms. The molecule has 0 heterocycles. The second-order valence-corrected chi connectivity index (χ2v) is 7.02. The van der Waals surface area contributed by atoms with E-state index in [0.29, 0.717) is 0 Å². The van der Waals surface area contributed by atoms with Crippen molar-refractivity contribution in [3.05, 3.63) is 71.3 Å². The van der Waals surface area contributed by atoms with Crippen LogP contribution < -0.4 is 16.4 Å². The molecule has 5 N–H and O–H groups in total. The summed E-state index contributed by atoms with van der Waals surface area (Å²) in [7, 11) is 0. The Morgan fingerprint density at radius 3 is 2.43 bits per heavy atom. The first-order valence-electron chi connectivity index (χ1n) is 9.60. The van der Waals surface area contributed by atoms with Crippen molar-refractivity contribution in [1.82, 2.24) is 10.6 Å². The van der Waals surface area contributed by atoms with E-state index >= 15 is 0 Å². The zero-order valence-electron chi connectivity index (χ0n) is 16.8. The lowest BCUT2D eigenvalue weighted by Gasteiger charge is -2.17. The lowest BCUT2D eigenvalue weighted by atomic mass is 10.0. The Labute approximate surface area is 175 Å². The third kappa shape index (κ3) is 8.32. The second-order valence-electron chi connectivity index (χ2n) is 7.02. The van der Waals surface area contributed by atoms with Gasteiger partial charge in [0.15, 0.2) is 0 Å². The second kappa shape index (κ2) is 11.6.